The number of aromatic nitrogens is 3. The molecule has 26 heavy (non-hydrogen) atoms. The number of morpholine rings is 1. The van der Waals surface area contributed by atoms with E-state index in [1.165, 1.54) is 0 Å². The van der Waals surface area contributed by atoms with Crippen LogP contribution in [-0.4, -0.2) is 46.9 Å². The maximum absolute atomic E-state index is 12.5. The molecule has 134 valence electrons. The number of nitrogens with zero attached hydrogens (tertiary/aromatic N) is 2. The number of hydrogen-bond donors (Lipinski definition) is 3. The van der Waals surface area contributed by atoms with E-state index in [0.29, 0.717) is 19.0 Å². The van der Waals surface area contributed by atoms with E-state index in [0.717, 1.165) is 28.4 Å². The summed E-state index contributed by atoms with van der Waals surface area (Å²) >= 11 is 0. The molecule has 1 aliphatic rings. The number of rotatable bonds is 4. The van der Waals surface area contributed by atoms with Gasteiger partial charge in [-0.1, -0.05) is 19.1 Å². The Morgan fingerprint density at radius 3 is 2.96 bits per heavy atom. The first-order valence-corrected chi connectivity index (χ1v) is 8.73. The van der Waals surface area contributed by atoms with Crippen LogP contribution in [-0.2, 0) is 9.53 Å². The molecule has 0 spiro atoms. The number of H-pyrrole nitrogens is 1. The smallest absolute Gasteiger partial charge is 0.231 e. The van der Waals surface area contributed by atoms with Crippen molar-refractivity contribution in [3.63, 3.8) is 0 Å². The molecule has 0 bridgehead atoms. The molecular weight excluding hydrogens is 330 g/mol. The molecule has 1 aromatic carbocycles. The van der Waals surface area contributed by atoms with E-state index in [1.54, 1.807) is 12.4 Å². The monoisotopic (exact) mass is 351 g/mol. The molecule has 1 amide bonds. The number of benzene rings is 1. The van der Waals surface area contributed by atoms with Gasteiger partial charge in [-0.05, 0) is 23.1 Å². The number of nitrogens with one attached hydrogen (secondary N) is 3. The number of anilines is 1. The Balaban J connectivity index is 1.53. The number of fused-ring (bicyclic) bond motifs is 1. The number of carbonyl (C=O) groups excluding carboxylic acids is 1. The lowest BCUT2D eigenvalue weighted by atomic mass is 10.0. The average molecular weight is 351 g/mol. The summed E-state index contributed by atoms with van der Waals surface area (Å²) in [5, 5.41) is 15.0. The Bertz CT molecular complexity index is 903. The maximum Gasteiger partial charge on any atom is 0.231 e. The van der Waals surface area contributed by atoms with Crippen molar-refractivity contribution in [2.45, 2.75) is 13.0 Å². The first-order valence-electron chi connectivity index (χ1n) is 8.73. The van der Waals surface area contributed by atoms with E-state index in [1.807, 2.05) is 31.3 Å². The van der Waals surface area contributed by atoms with Crippen molar-refractivity contribution in [2.75, 3.05) is 25.0 Å². The maximum atomic E-state index is 12.5. The van der Waals surface area contributed by atoms with Crippen molar-refractivity contribution in [2.24, 2.45) is 5.92 Å². The zero-order valence-electron chi connectivity index (χ0n) is 14.5. The van der Waals surface area contributed by atoms with Gasteiger partial charge in [0.25, 0.3) is 0 Å². The molecule has 3 aromatic rings. The van der Waals surface area contributed by atoms with E-state index in [2.05, 4.69) is 31.9 Å². The normalized spacial score (nSPS) is 18.6. The fraction of sp³-hybridized carbons (Fsp3) is 0.316. The molecule has 4 rings (SSSR count). The van der Waals surface area contributed by atoms with Gasteiger partial charge in [0.1, 0.15) is 5.82 Å². The topological polar surface area (TPSA) is 91.9 Å². The van der Waals surface area contributed by atoms with Gasteiger partial charge >= 0.3 is 0 Å². The van der Waals surface area contributed by atoms with Gasteiger partial charge in [-0.15, -0.1) is 0 Å². The SMILES string of the molecule is CC(C(=O)Nc1cc2cc(-c3cn[nH]c3)ccc2cn1)C1CNCCO1. The van der Waals surface area contributed by atoms with Gasteiger partial charge in [0.05, 0.1) is 24.8 Å². The van der Waals surface area contributed by atoms with Crippen LogP contribution in [0.15, 0.2) is 42.9 Å². The first-order chi connectivity index (χ1) is 12.7. The summed E-state index contributed by atoms with van der Waals surface area (Å²) in [7, 11) is 0. The predicted octanol–water partition coefficient (Wildman–Crippen LogP) is 2.19. The Kier molecular flexibility index (Phi) is 4.64. The summed E-state index contributed by atoms with van der Waals surface area (Å²) in [6.45, 7) is 4.03. The summed E-state index contributed by atoms with van der Waals surface area (Å²) < 4.78 is 5.67. The number of pyridine rings is 1. The molecule has 2 aromatic heterocycles. The number of hydrogen-bond acceptors (Lipinski definition) is 5. The Morgan fingerprint density at radius 1 is 1.27 bits per heavy atom. The van der Waals surface area contributed by atoms with Gasteiger partial charge in [-0.2, -0.15) is 5.10 Å². The summed E-state index contributed by atoms with van der Waals surface area (Å²) in [4.78, 5) is 16.9. The van der Waals surface area contributed by atoms with Crippen LogP contribution in [0.25, 0.3) is 21.9 Å². The predicted molar refractivity (Wildman–Crippen MR) is 99.7 cm³/mol. The van der Waals surface area contributed by atoms with Gasteiger partial charge in [-0.3, -0.25) is 9.89 Å². The van der Waals surface area contributed by atoms with E-state index in [9.17, 15) is 4.79 Å². The minimum absolute atomic E-state index is 0.0865. The van der Waals surface area contributed by atoms with Crippen molar-refractivity contribution < 1.29 is 9.53 Å². The Morgan fingerprint density at radius 2 is 2.19 bits per heavy atom. The highest BCUT2D eigenvalue weighted by atomic mass is 16.5. The van der Waals surface area contributed by atoms with Crippen LogP contribution in [0.4, 0.5) is 5.82 Å². The van der Waals surface area contributed by atoms with Crippen LogP contribution >= 0.6 is 0 Å². The van der Waals surface area contributed by atoms with Crippen LogP contribution in [0.1, 0.15) is 6.92 Å². The van der Waals surface area contributed by atoms with Crippen LogP contribution in [0.3, 0.4) is 0 Å². The largest absolute Gasteiger partial charge is 0.375 e. The van der Waals surface area contributed by atoms with Crippen LogP contribution < -0.4 is 10.6 Å². The van der Waals surface area contributed by atoms with Crippen molar-refractivity contribution in [3.05, 3.63) is 42.9 Å². The summed E-state index contributed by atoms with van der Waals surface area (Å²) in [5.74, 6) is 0.205. The lowest BCUT2D eigenvalue weighted by Crippen LogP contribution is -2.45. The Hall–Kier alpha value is -2.77. The van der Waals surface area contributed by atoms with Crippen LogP contribution in [0.2, 0.25) is 0 Å². The summed E-state index contributed by atoms with van der Waals surface area (Å²) in [6.07, 6.45) is 5.29. The van der Waals surface area contributed by atoms with Crippen molar-refractivity contribution in [3.8, 4) is 11.1 Å². The molecule has 2 atom stereocenters. The van der Waals surface area contributed by atoms with Crippen molar-refractivity contribution in [1.82, 2.24) is 20.5 Å². The highest BCUT2D eigenvalue weighted by molar-refractivity contribution is 5.95. The third-order valence-electron chi connectivity index (χ3n) is 4.73. The van der Waals surface area contributed by atoms with Gasteiger partial charge < -0.3 is 15.4 Å². The minimum atomic E-state index is -0.252. The number of ether oxygens (including phenoxy) is 1. The molecule has 1 saturated heterocycles. The second-order valence-corrected chi connectivity index (χ2v) is 6.51. The third-order valence-corrected chi connectivity index (χ3v) is 4.73. The standard InChI is InChI=1S/C19H21N5O2/c1-12(17-11-20-4-5-26-17)19(25)24-18-7-15-6-13(16-9-22-23-10-16)2-3-14(15)8-21-18/h2-3,6-10,12,17,20H,4-5,11H2,1H3,(H,22,23)(H,21,24,25). The summed E-state index contributed by atoms with van der Waals surface area (Å²) in [5.41, 5.74) is 2.08. The van der Waals surface area contributed by atoms with Gasteiger partial charge in [0, 0.05) is 36.4 Å². The fourth-order valence-electron chi connectivity index (χ4n) is 3.11. The van der Waals surface area contributed by atoms with Gasteiger partial charge in [0.15, 0.2) is 0 Å². The Labute approximate surface area is 151 Å². The highest BCUT2D eigenvalue weighted by Crippen LogP contribution is 2.25. The molecule has 7 heteroatoms. The molecule has 0 saturated carbocycles. The van der Waals surface area contributed by atoms with Gasteiger partial charge in [0.2, 0.25) is 5.91 Å². The van der Waals surface area contributed by atoms with Crippen LogP contribution in [0.5, 0.6) is 0 Å². The molecule has 3 N–H and O–H groups in total. The van der Waals surface area contributed by atoms with E-state index in [-0.39, 0.29) is 17.9 Å². The third kappa shape index (κ3) is 3.44. The number of carbonyl (C=O) groups is 1. The summed E-state index contributed by atoms with van der Waals surface area (Å²) in [6, 6.07) is 8.00. The zero-order valence-corrected chi connectivity index (χ0v) is 14.5. The molecule has 2 unspecified atom stereocenters. The quantitative estimate of drug-likeness (QED) is 0.670. The minimum Gasteiger partial charge on any atom is -0.375 e. The molecule has 7 nitrogen and oxygen atoms in total. The van der Waals surface area contributed by atoms with E-state index in [4.69, 9.17) is 4.74 Å². The van der Waals surface area contributed by atoms with Crippen molar-refractivity contribution >= 4 is 22.5 Å². The lowest BCUT2D eigenvalue weighted by Gasteiger charge is -2.27. The van der Waals surface area contributed by atoms with Crippen LogP contribution in [0, 0.1) is 5.92 Å². The molecule has 3 heterocycles. The second-order valence-electron chi connectivity index (χ2n) is 6.51. The lowest BCUT2D eigenvalue weighted by molar-refractivity contribution is -0.125. The molecule has 1 fully saturated rings. The molecule has 1 aliphatic heterocycles. The number of amides is 1. The average Bonchev–Trinajstić information content (AvgIpc) is 3.22. The first kappa shape index (κ1) is 16.7. The van der Waals surface area contributed by atoms with Gasteiger partial charge in [-0.25, -0.2) is 4.98 Å². The highest BCUT2D eigenvalue weighted by Gasteiger charge is 2.26. The molecular formula is C19H21N5O2. The zero-order chi connectivity index (χ0) is 17.9. The number of aromatic amines is 1. The molecule has 0 aliphatic carbocycles. The molecule has 0 radical (unpaired) electrons. The van der Waals surface area contributed by atoms with E-state index < -0.39 is 0 Å². The second kappa shape index (κ2) is 7.23. The fourth-order valence-corrected chi connectivity index (χ4v) is 3.11. The van der Waals surface area contributed by atoms with E-state index >= 15 is 0 Å². The van der Waals surface area contributed by atoms with Crippen molar-refractivity contribution in [1.29, 1.82) is 0 Å².